The Hall–Kier alpha value is -2.96. The summed E-state index contributed by atoms with van der Waals surface area (Å²) in [4.78, 5) is 27.1. The third-order valence-electron chi connectivity index (χ3n) is 3.64. The van der Waals surface area contributed by atoms with Crippen LogP contribution in [0.1, 0.15) is 38.3 Å². The van der Waals surface area contributed by atoms with Crippen molar-refractivity contribution in [3.05, 3.63) is 64.7 Å². The molecule has 130 valence electrons. The molecule has 0 bridgehead atoms. The van der Waals surface area contributed by atoms with E-state index in [4.69, 9.17) is 5.11 Å². The zero-order chi connectivity index (χ0) is 18.6. The van der Waals surface area contributed by atoms with E-state index in [0.717, 1.165) is 12.1 Å². The normalized spacial score (nSPS) is 11.2. The molecule has 2 aromatic carbocycles. The molecule has 0 amide bonds. The largest absolute Gasteiger partial charge is 0.478 e. The standard InChI is InChI=1S/C18H14F3NO3/c1-22-15-8-5-12(17(24)25)10-14(15)16(23)9-4-11-2-6-13(7-3-11)18(19,20)21/h2-3,5-8,10H,1,4,9H2,(H,24,25). The van der Waals surface area contributed by atoms with E-state index in [1.54, 1.807) is 0 Å². The van der Waals surface area contributed by atoms with Gasteiger partial charge in [-0.2, -0.15) is 13.2 Å². The first kappa shape index (κ1) is 18.4. The highest BCUT2D eigenvalue weighted by atomic mass is 19.4. The number of aliphatic imine (C=N–C) groups is 1. The SMILES string of the molecule is C=Nc1ccc(C(=O)O)cc1C(=O)CCc1ccc(C(F)(F)F)cc1. The lowest BCUT2D eigenvalue weighted by molar-refractivity contribution is -0.137. The summed E-state index contributed by atoms with van der Waals surface area (Å²) >= 11 is 0. The number of carbonyl (C=O) groups excluding carboxylic acids is 1. The third-order valence-corrected chi connectivity index (χ3v) is 3.64. The maximum Gasteiger partial charge on any atom is 0.416 e. The van der Waals surface area contributed by atoms with Gasteiger partial charge in [0.1, 0.15) is 0 Å². The number of alkyl halides is 3. The minimum absolute atomic E-state index is 0.0109. The van der Waals surface area contributed by atoms with Crippen molar-refractivity contribution in [2.75, 3.05) is 0 Å². The molecule has 0 atom stereocenters. The number of carboxylic acids is 1. The monoisotopic (exact) mass is 349 g/mol. The average molecular weight is 349 g/mol. The minimum Gasteiger partial charge on any atom is -0.478 e. The van der Waals surface area contributed by atoms with E-state index in [0.29, 0.717) is 5.56 Å². The molecule has 0 radical (unpaired) electrons. The lowest BCUT2D eigenvalue weighted by Gasteiger charge is -2.08. The van der Waals surface area contributed by atoms with Gasteiger partial charge in [-0.3, -0.25) is 9.79 Å². The molecule has 0 unspecified atom stereocenters. The summed E-state index contributed by atoms with van der Waals surface area (Å²) in [6.07, 6.45) is -4.17. The number of benzene rings is 2. The van der Waals surface area contributed by atoms with Crippen molar-refractivity contribution in [1.82, 2.24) is 0 Å². The Balaban J connectivity index is 2.13. The zero-order valence-electron chi connectivity index (χ0n) is 13.0. The van der Waals surface area contributed by atoms with Gasteiger partial charge in [0.25, 0.3) is 0 Å². The first-order valence-corrected chi connectivity index (χ1v) is 7.26. The van der Waals surface area contributed by atoms with Gasteiger partial charge in [0.2, 0.25) is 0 Å². The predicted molar refractivity (Wildman–Crippen MR) is 86.7 cm³/mol. The summed E-state index contributed by atoms with van der Waals surface area (Å²) < 4.78 is 37.6. The van der Waals surface area contributed by atoms with E-state index in [-0.39, 0.29) is 35.4 Å². The molecule has 0 saturated heterocycles. The van der Waals surface area contributed by atoms with Gasteiger partial charge in [-0.1, -0.05) is 12.1 Å². The van der Waals surface area contributed by atoms with E-state index in [1.165, 1.54) is 30.3 Å². The second-order valence-electron chi connectivity index (χ2n) is 5.31. The van der Waals surface area contributed by atoms with Crippen molar-refractivity contribution in [2.45, 2.75) is 19.0 Å². The predicted octanol–water partition coefficient (Wildman–Crippen LogP) is 4.55. The third kappa shape index (κ3) is 4.53. The Morgan fingerprint density at radius 2 is 1.72 bits per heavy atom. The molecule has 0 fully saturated rings. The molecule has 0 saturated carbocycles. The summed E-state index contributed by atoms with van der Waals surface area (Å²) in [5.74, 6) is -1.53. The van der Waals surface area contributed by atoms with Crippen molar-refractivity contribution in [3.8, 4) is 0 Å². The molecule has 7 heteroatoms. The lowest BCUT2D eigenvalue weighted by atomic mass is 9.99. The quantitative estimate of drug-likeness (QED) is 0.614. The minimum atomic E-state index is -4.41. The molecule has 1 N–H and O–H groups in total. The molecule has 25 heavy (non-hydrogen) atoms. The highest BCUT2D eigenvalue weighted by Gasteiger charge is 2.29. The number of nitrogens with zero attached hydrogens (tertiary/aromatic N) is 1. The van der Waals surface area contributed by atoms with Gasteiger partial charge in [-0.25, -0.2) is 4.79 Å². The van der Waals surface area contributed by atoms with E-state index in [9.17, 15) is 22.8 Å². The van der Waals surface area contributed by atoms with Gasteiger partial charge in [-0.15, -0.1) is 0 Å². The van der Waals surface area contributed by atoms with Gasteiger partial charge in [-0.05, 0) is 49.0 Å². The van der Waals surface area contributed by atoms with E-state index in [2.05, 4.69) is 11.7 Å². The number of hydrogen-bond acceptors (Lipinski definition) is 3. The second-order valence-corrected chi connectivity index (χ2v) is 5.31. The Morgan fingerprint density at radius 3 is 2.24 bits per heavy atom. The number of halogens is 3. The molecule has 0 aliphatic rings. The van der Waals surface area contributed by atoms with E-state index >= 15 is 0 Å². The Bertz CT molecular complexity index is 811. The van der Waals surface area contributed by atoms with Crippen LogP contribution in [-0.2, 0) is 12.6 Å². The van der Waals surface area contributed by atoms with Crippen molar-refractivity contribution >= 4 is 24.2 Å². The fourth-order valence-electron chi connectivity index (χ4n) is 2.28. The van der Waals surface area contributed by atoms with Crippen LogP contribution in [0.15, 0.2) is 47.5 Å². The molecule has 2 rings (SSSR count). The maximum atomic E-state index is 12.5. The molecule has 0 aromatic heterocycles. The van der Waals surface area contributed by atoms with Gasteiger partial charge in [0.05, 0.1) is 16.8 Å². The molecule has 0 aliphatic heterocycles. The smallest absolute Gasteiger partial charge is 0.416 e. The van der Waals surface area contributed by atoms with Gasteiger partial charge < -0.3 is 5.11 Å². The molecular formula is C18H14F3NO3. The summed E-state index contributed by atoms with van der Waals surface area (Å²) in [6, 6.07) is 8.48. The van der Waals surface area contributed by atoms with Gasteiger partial charge in [0.15, 0.2) is 5.78 Å². The molecular weight excluding hydrogens is 335 g/mol. The van der Waals surface area contributed by atoms with Crippen molar-refractivity contribution in [2.24, 2.45) is 4.99 Å². The van der Waals surface area contributed by atoms with Crippen molar-refractivity contribution in [1.29, 1.82) is 0 Å². The van der Waals surface area contributed by atoms with Gasteiger partial charge >= 0.3 is 12.1 Å². The van der Waals surface area contributed by atoms with Crippen LogP contribution in [0, 0.1) is 0 Å². The van der Waals surface area contributed by atoms with Crippen LogP contribution in [0.4, 0.5) is 18.9 Å². The van der Waals surface area contributed by atoms with Gasteiger partial charge in [0, 0.05) is 12.0 Å². The lowest BCUT2D eigenvalue weighted by Crippen LogP contribution is -2.06. The number of aromatic carboxylic acids is 1. The summed E-state index contributed by atoms with van der Waals surface area (Å²) in [7, 11) is 0. The molecule has 0 heterocycles. The van der Waals surface area contributed by atoms with Crippen LogP contribution < -0.4 is 0 Å². The van der Waals surface area contributed by atoms with Crippen LogP contribution in [-0.4, -0.2) is 23.6 Å². The zero-order valence-corrected chi connectivity index (χ0v) is 13.0. The summed E-state index contributed by atoms with van der Waals surface area (Å²) in [5.41, 5.74) is 0.160. The van der Waals surface area contributed by atoms with Crippen molar-refractivity contribution < 1.29 is 27.9 Å². The molecule has 2 aromatic rings. The number of carbonyl (C=O) groups is 2. The second kappa shape index (κ2) is 7.29. The van der Waals surface area contributed by atoms with Crippen LogP contribution in [0.3, 0.4) is 0 Å². The van der Waals surface area contributed by atoms with E-state index < -0.39 is 17.7 Å². The number of carboxylic acid groups (broad SMARTS) is 1. The van der Waals surface area contributed by atoms with Crippen LogP contribution in [0.2, 0.25) is 0 Å². The highest BCUT2D eigenvalue weighted by molar-refractivity contribution is 6.03. The number of aryl methyl sites for hydroxylation is 1. The number of hydrogen-bond donors (Lipinski definition) is 1. The Labute approximate surface area is 141 Å². The maximum absolute atomic E-state index is 12.5. The number of ketones is 1. The first-order chi connectivity index (χ1) is 11.7. The Morgan fingerprint density at radius 1 is 1.08 bits per heavy atom. The molecule has 0 aliphatic carbocycles. The average Bonchev–Trinajstić information content (AvgIpc) is 2.58. The fraction of sp³-hybridized carbons (Fsp3) is 0.167. The van der Waals surface area contributed by atoms with Crippen molar-refractivity contribution in [3.63, 3.8) is 0 Å². The summed E-state index contributed by atoms with van der Waals surface area (Å²) in [5, 5.41) is 9.00. The molecule has 0 spiro atoms. The van der Waals surface area contributed by atoms with E-state index in [1.807, 2.05) is 0 Å². The summed E-state index contributed by atoms with van der Waals surface area (Å²) in [6.45, 7) is 3.34. The number of Topliss-reactive ketones (excluding diaryl/α,β-unsaturated/α-hetero) is 1. The highest BCUT2D eigenvalue weighted by Crippen LogP contribution is 2.29. The van der Waals surface area contributed by atoms with Crippen LogP contribution in [0.25, 0.3) is 0 Å². The van der Waals surface area contributed by atoms with Crippen LogP contribution in [0.5, 0.6) is 0 Å². The Kier molecular flexibility index (Phi) is 5.36. The fourth-order valence-corrected chi connectivity index (χ4v) is 2.28. The number of rotatable bonds is 6. The topological polar surface area (TPSA) is 66.7 Å². The first-order valence-electron chi connectivity index (χ1n) is 7.26. The van der Waals surface area contributed by atoms with Crippen LogP contribution >= 0.6 is 0 Å². The molecule has 4 nitrogen and oxygen atoms in total.